The Morgan fingerprint density at radius 1 is 0.556 bits per heavy atom. The predicted molar refractivity (Wildman–Crippen MR) is 190 cm³/mol. The van der Waals surface area contributed by atoms with Gasteiger partial charge in [0, 0.05) is 0 Å². The molecule has 0 bridgehead atoms. The van der Waals surface area contributed by atoms with E-state index < -0.39 is 7.92 Å². The van der Waals surface area contributed by atoms with Crippen LogP contribution in [-0.4, -0.2) is 45.9 Å². The average Bonchev–Trinajstić information content (AvgIpc) is 2.86. The molecular weight excluding hydrogens is 579 g/mol. The van der Waals surface area contributed by atoms with Gasteiger partial charge in [0.05, 0.1) is 41.6 Å². The summed E-state index contributed by atoms with van der Waals surface area (Å²) in [7, 11) is -0.882. The molecule has 3 aromatic carbocycles. The van der Waals surface area contributed by atoms with Crippen LogP contribution in [0.2, 0.25) is 0 Å². The second kappa shape index (κ2) is 13.9. The van der Waals surface area contributed by atoms with Crippen molar-refractivity contribution in [2.75, 3.05) is 0 Å². The van der Waals surface area contributed by atoms with E-state index in [1.54, 1.807) is 0 Å². The maximum Gasteiger partial charge on any atom is 0.131 e. The van der Waals surface area contributed by atoms with Crippen LogP contribution in [0.25, 0.3) is 22.3 Å². The molecule has 1 aliphatic rings. The average molecular weight is 635 g/mol. The number of hydrogen-bond donors (Lipinski definition) is 1. The van der Waals surface area contributed by atoms with Crippen LogP contribution in [0, 0.1) is 0 Å². The summed E-state index contributed by atoms with van der Waals surface area (Å²) in [6.07, 6.45) is 1.05. The third-order valence-corrected chi connectivity index (χ3v) is 11.6. The van der Waals surface area contributed by atoms with E-state index in [9.17, 15) is 5.11 Å². The third-order valence-electron chi connectivity index (χ3n) is 7.91. The van der Waals surface area contributed by atoms with Gasteiger partial charge in [0.2, 0.25) is 0 Å². The molecule has 4 rings (SSSR count). The number of ether oxygens (including phenoxy) is 4. The molecule has 1 N–H and O–H groups in total. The first-order chi connectivity index (χ1) is 21.0. The van der Waals surface area contributed by atoms with E-state index >= 15 is 0 Å². The molecule has 0 aromatic heterocycles. The molecule has 0 spiro atoms. The van der Waals surface area contributed by atoms with Gasteiger partial charge in [-0.15, -0.1) is 0 Å². The van der Waals surface area contributed by atoms with Gasteiger partial charge >= 0.3 is 0 Å². The first kappa shape index (κ1) is 35.1. The Morgan fingerprint density at radius 2 is 0.844 bits per heavy atom. The lowest BCUT2D eigenvalue weighted by molar-refractivity contribution is 0.125. The smallest absolute Gasteiger partial charge is 0.131 e. The minimum absolute atomic E-state index is 0.0145. The minimum atomic E-state index is -0.882. The van der Waals surface area contributed by atoms with Crippen molar-refractivity contribution in [1.82, 2.24) is 0 Å². The highest BCUT2D eigenvalue weighted by Crippen LogP contribution is 2.67. The first-order valence-corrected chi connectivity index (χ1v) is 17.9. The summed E-state index contributed by atoms with van der Waals surface area (Å²) in [4.78, 5) is 0. The summed E-state index contributed by atoms with van der Waals surface area (Å²) in [5.41, 5.74) is 4.12. The zero-order valence-electron chi connectivity index (χ0n) is 29.5. The fourth-order valence-electron chi connectivity index (χ4n) is 6.98. The summed E-state index contributed by atoms with van der Waals surface area (Å²) in [5, 5.41) is 12.1. The van der Waals surface area contributed by atoms with Crippen molar-refractivity contribution >= 4 is 13.2 Å². The van der Waals surface area contributed by atoms with E-state index in [-0.39, 0.29) is 40.8 Å². The van der Waals surface area contributed by atoms with Crippen molar-refractivity contribution in [3.8, 4) is 45.3 Å². The van der Waals surface area contributed by atoms with E-state index in [1.807, 2.05) is 12.1 Å². The van der Waals surface area contributed by atoms with Crippen LogP contribution < -0.4 is 24.3 Å². The monoisotopic (exact) mass is 634 g/mol. The van der Waals surface area contributed by atoms with Crippen LogP contribution in [-0.2, 0) is 0 Å². The Morgan fingerprint density at radius 3 is 1.13 bits per heavy atom. The van der Waals surface area contributed by atoms with E-state index in [2.05, 4.69) is 126 Å². The normalized spacial score (nSPS) is 19.3. The maximum absolute atomic E-state index is 11.1. The van der Waals surface area contributed by atoms with Gasteiger partial charge in [-0.05, 0) is 119 Å². The van der Waals surface area contributed by atoms with Crippen LogP contribution in [0.1, 0.15) is 95.9 Å². The summed E-state index contributed by atoms with van der Waals surface area (Å²) < 4.78 is 26.1. The summed E-state index contributed by atoms with van der Waals surface area (Å²) in [6.45, 7) is 25.8. The van der Waals surface area contributed by atoms with Crippen LogP contribution >= 0.6 is 7.92 Å². The van der Waals surface area contributed by atoms with Gasteiger partial charge < -0.3 is 24.1 Å². The topological polar surface area (TPSA) is 57.2 Å². The van der Waals surface area contributed by atoms with E-state index in [1.165, 1.54) is 5.30 Å². The van der Waals surface area contributed by atoms with Gasteiger partial charge in [-0.2, -0.15) is 0 Å². The highest BCUT2D eigenvalue weighted by molar-refractivity contribution is 7.69. The number of rotatable bonds is 11. The van der Waals surface area contributed by atoms with Gasteiger partial charge in [-0.3, -0.25) is 0 Å². The SMILES string of the molecule is CC(C)Oc1cccc(OC(C)C)c1-c1cccc(-c2c(OC(C)C)cccc2OC(C)C)c1P1C(C)(C)CC(O)CC1(C)C. The Labute approximate surface area is 273 Å². The first-order valence-electron chi connectivity index (χ1n) is 16.6. The minimum Gasteiger partial charge on any atom is -0.490 e. The fraction of sp³-hybridized carbons (Fsp3) is 0.538. The van der Waals surface area contributed by atoms with Crippen LogP contribution in [0.3, 0.4) is 0 Å². The Hall–Kier alpha value is -2.75. The molecule has 6 heteroatoms. The largest absolute Gasteiger partial charge is 0.490 e. The molecule has 246 valence electrons. The van der Waals surface area contributed by atoms with Crippen LogP contribution in [0.4, 0.5) is 0 Å². The second-order valence-corrected chi connectivity index (χ2v) is 18.2. The van der Waals surface area contributed by atoms with E-state index in [4.69, 9.17) is 18.9 Å². The molecular formula is C39H55O5P. The van der Waals surface area contributed by atoms with Crippen molar-refractivity contribution in [1.29, 1.82) is 0 Å². The molecule has 0 aliphatic carbocycles. The highest BCUT2D eigenvalue weighted by Gasteiger charge is 2.49. The van der Waals surface area contributed by atoms with Crippen molar-refractivity contribution in [3.63, 3.8) is 0 Å². The lowest BCUT2D eigenvalue weighted by atomic mass is 9.94. The predicted octanol–water partition coefficient (Wildman–Crippen LogP) is 9.99. The molecule has 0 unspecified atom stereocenters. The van der Waals surface area contributed by atoms with E-state index in [0.29, 0.717) is 0 Å². The second-order valence-electron chi connectivity index (χ2n) is 14.6. The van der Waals surface area contributed by atoms with Gasteiger partial charge in [0.25, 0.3) is 0 Å². The summed E-state index contributed by atoms with van der Waals surface area (Å²) in [6, 6.07) is 18.8. The molecule has 5 nitrogen and oxygen atoms in total. The molecule has 0 saturated carbocycles. The Kier molecular flexibility index (Phi) is 10.9. The van der Waals surface area contributed by atoms with Gasteiger partial charge in [0.15, 0.2) is 0 Å². The molecule has 0 amide bonds. The Bertz CT molecular complexity index is 1300. The third kappa shape index (κ3) is 7.98. The zero-order valence-corrected chi connectivity index (χ0v) is 30.4. The lowest BCUT2D eigenvalue weighted by Gasteiger charge is -2.52. The standard InChI is InChI=1S/C39H55O5P/c1-24(2)41-31-18-14-19-32(42-25(3)4)35(31)29-16-13-17-30(37(29)45-38(9,10)22-28(40)23-39(45,11)12)36-33(43-26(5)6)20-15-21-34(36)44-27(7)8/h13-21,24-28,40H,22-23H2,1-12H3. The fourth-order valence-corrected chi connectivity index (χ4v) is 11.5. The van der Waals surface area contributed by atoms with Crippen LogP contribution in [0.15, 0.2) is 54.6 Å². The lowest BCUT2D eigenvalue weighted by Crippen LogP contribution is -2.45. The molecule has 0 radical (unpaired) electrons. The molecule has 1 aliphatic heterocycles. The van der Waals surface area contributed by atoms with Crippen molar-refractivity contribution in [2.24, 2.45) is 0 Å². The molecule has 1 heterocycles. The Balaban J connectivity index is 2.21. The van der Waals surface area contributed by atoms with Crippen LogP contribution in [0.5, 0.6) is 23.0 Å². The number of aliphatic hydroxyl groups is 1. The van der Waals surface area contributed by atoms with E-state index in [0.717, 1.165) is 58.1 Å². The quantitative estimate of drug-likeness (QED) is 0.213. The molecule has 45 heavy (non-hydrogen) atoms. The van der Waals surface area contributed by atoms with Crippen molar-refractivity contribution in [2.45, 2.75) is 137 Å². The molecule has 1 saturated heterocycles. The molecule has 0 atom stereocenters. The summed E-state index contributed by atoms with van der Waals surface area (Å²) in [5.74, 6) is 3.20. The van der Waals surface area contributed by atoms with Gasteiger partial charge in [0.1, 0.15) is 23.0 Å². The zero-order chi connectivity index (χ0) is 33.3. The van der Waals surface area contributed by atoms with Crippen molar-refractivity contribution in [3.05, 3.63) is 54.6 Å². The number of benzene rings is 3. The molecule has 1 fully saturated rings. The number of aliphatic hydroxyl groups excluding tert-OH is 1. The van der Waals surface area contributed by atoms with Gasteiger partial charge in [-0.25, -0.2) is 0 Å². The highest BCUT2D eigenvalue weighted by atomic mass is 31.1. The van der Waals surface area contributed by atoms with Gasteiger partial charge in [-0.1, -0.05) is 65.9 Å². The van der Waals surface area contributed by atoms with Crippen molar-refractivity contribution < 1.29 is 24.1 Å². The maximum atomic E-state index is 11.1. The number of hydrogen-bond acceptors (Lipinski definition) is 5. The summed E-state index contributed by atoms with van der Waals surface area (Å²) >= 11 is 0. The molecule has 3 aromatic rings.